The second-order valence-corrected chi connectivity index (χ2v) is 8.66. The molecular formula is C26H25N5O5. The highest BCUT2D eigenvalue weighted by Gasteiger charge is 2.35. The van der Waals surface area contributed by atoms with E-state index in [9.17, 15) is 14.9 Å². The number of fused-ring (bicyclic) bond motifs is 1. The molecule has 184 valence electrons. The molecule has 10 heteroatoms. The Morgan fingerprint density at radius 2 is 1.69 bits per heavy atom. The number of hydrogen-bond acceptors (Lipinski definition) is 6. The molecule has 0 saturated carbocycles. The first-order valence-corrected chi connectivity index (χ1v) is 11.3. The van der Waals surface area contributed by atoms with Gasteiger partial charge >= 0.3 is 0 Å². The van der Waals surface area contributed by atoms with Gasteiger partial charge in [-0.1, -0.05) is 6.07 Å². The molecule has 36 heavy (non-hydrogen) atoms. The molecule has 1 aliphatic rings. The maximum absolute atomic E-state index is 13.5. The highest BCUT2D eigenvalue weighted by atomic mass is 16.6. The highest BCUT2D eigenvalue weighted by Crippen LogP contribution is 2.37. The van der Waals surface area contributed by atoms with Crippen LogP contribution >= 0.6 is 0 Å². The smallest absolute Gasteiger partial charge is 0.286 e. The van der Waals surface area contributed by atoms with E-state index in [0.717, 1.165) is 28.3 Å². The van der Waals surface area contributed by atoms with E-state index in [1.807, 2.05) is 39.8 Å². The summed E-state index contributed by atoms with van der Waals surface area (Å²) in [5.74, 6) is 0.786. The third-order valence-corrected chi connectivity index (χ3v) is 6.53. The normalized spacial score (nSPS) is 12.5. The zero-order chi connectivity index (χ0) is 25.6. The first-order valence-electron chi connectivity index (χ1n) is 11.3. The van der Waals surface area contributed by atoms with Crippen molar-refractivity contribution in [3.05, 3.63) is 92.9 Å². The zero-order valence-electron chi connectivity index (χ0n) is 20.4. The van der Waals surface area contributed by atoms with E-state index < -0.39 is 10.8 Å². The van der Waals surface area contributed by atoms with Gasteiger partial charge < -0.3 is 18.9 Å². The van der Waals surface area contributed by atoms with Crippen molar-refractivity contribution in [1.29, 1.82) is 0 Å². The predicted octanol–water partition coefficient (Wildman–Crippen LogP) is 4.36. The van der Waals surface area contributed by atoms with Gasteiger partial charge in [0.1, 0.15) is 11.4 Å². The molecule has 10 nitrogen and oxygen atoms in total. The van der Waals surface area contributed by atoms with Gasteiger partial charge in [0, 0.05) is 24.0 Å². The number of nitro benzene ring substituents is 1. The van der Waals surface area contributed by atoms with E-state index >= 15 is 0 Å². The van der Waals surface area contributed by atoms with Crippen LogP contribution in [0.1, 0.15) is 32.7 Å². The Labute approximate surface area is 207 Å². The summed E-state index contributed by atoms with van der Waals surface area (Å²) in [5.41, 5.74) is 4.49. The van der Waals surface area contributed by atoms with Crippen molar-refractivity contribution < 1.29 is 19.2 Å². The summed E-state index contributed by atoms with van der Waals surface area (Å²) in [6, 6.07) is 12.6. The largest absolute Gasteiger partial charge is 0.493 e. The summed E-state index contributed by atoms with van der Waals surface area (Å²) >= 11 is 0. The molecule has 0 saturated heterocycles. The summed E-state index contributed by atoms with van der Waals surface area (Å²) in [6.45, 7) is 4.61. The standard InChI is InChI=1S/C26H25N5O5/c1-16-7-8-18(11-17(16)2)30-25(28-9-5-6-10-28)20-14-29(15-21(20)27-30)26(32)19-12-23(35-3)24(36-4)13-22(19)31(33)34/h5-13H,14-15H2,1-4H3. The number of nitrogens with zero attached hydrogens (tertiary/aromatic N) is 5. The minimum absolute atomic E-state index is 0.0626. The Kier molecular flexibility index (Phi) is 5.71. The first-order chi connectivity index (χ1) is 17.3. The number of amides is 1. The molecule has 2 aromatic heterocycles. The minimum Gasteiger partial charge on any atom is -0.493 e. The molecule has 0 atom stereocenters. The van der Waals surface area contributed by atoms with E-state index in [-0.39, 0.29) is 35.8 Å². The molecule has 0 spiro atoms. The molecule has 5 rings (SSSR count). The Hall–Kier alpha value is -4.60. The Morgan fingerprint density at radius 3 is 2.33 bits per heavy atom. The second kappa shape index (κ2) is 8.88. The Balaban J connectivity index is 1.55. The van der Waals surface area contributed by atoms with E-state index in [0.29, 0.717) is 0 Å². The van der Waals surface area contributed by atoms with Crippen LogP contribution in [0.3, 0.4) is 0 Å². The molecule has 0 aliphatic carbocycles. The van der Waals surface area contributed by atoms with Crippen molar-refractivity contribution in [1.82, 2.24) is 19.2 Å². The molecule has 0 unspecified atom stereocenters. The van der Waals surface area contributed by atoms with Crippen LogP contribution in [0.4, 0.5) is 5.69 Å². The number of nitro groups is 1. The molecule has 3 heterocycles. The number of carbonyl (C=O) groups excluding carboxylic acids is 1. The third-order valence-electron chi connectivity index (χ3n) is 6.53. The van der Waals surface area contributed by atoms with Gasteiger partial charge in [-0.3, -0.25) is 14.9 Å². The van der Waals surface area contributed by atoms with Crippen LogP contribution in [0, 0.1) is 24.0 Å². The van der Waals surface area contributed by atoms with Gasteiger partial charge in [0.2, 0.25) is 0 Å². The van der Waals surface area contributed by atoms with Crippen LogP contribution < -0.4 is 9.47 Å². The van der Waals surface area contributed by atoms with E-state index in [2.05, 4.69) is 26.0 Å². The van der Waals surface area contributed by atoms with Gasteiger partial charge in [-0.25, -0.2) is 4.68 Å². The van der Waals surface area contributed by atoms with Gasteiger partial charge in [-0.05, 0) is 49.2 Å². The molecular weight excluding hydrogens is 462 g/mol. The SMILES string of the molecule is COc1cc(C(=O)N2Cc3nn(-c4ccc(C)c(C)c4)c(-n4cccc4)c3C2)c([N+](=O)[O-])cc1OC. The summed E-state index contributed by atoms with van der Waals surface area (Å²) in [4.78, 5) is 26.3. The highest BCUT2D eigenvalue weighted by molar-refractivity contribution is 5.99. The van der Waals surface area contributed by atoms with E-state index in [1.165, 1.54) is 31.9 Å². The monoisotopic (exact) mass is 487 g/mol. The average molecular weight is 488 g/mol. The van der Waals surface area contributed by atoms with Crippen LogP contribution in [-0.2, 0) is 13.1 Å². The lowest BCUT2D eigenvalue weighted by Gasteiger charge is -2.18. The number of rotatable bonds is 6. The maximum Gasteiger partial charge on any atom is 0.286 e. The number of carbonyl (C=O) groups is 1. The summed E-state index contributed by atoms with van der Waals surface area (Å²) in [6.07, 6.45) is 3.86. The molecule has 0 bridgehead atoms. The van der Waals surface area contributed by atoms with Crippen molar-refractivity contribution in [3.8, 4) is 23.0 Å². The van der Waals surface area contributed by atoms with Gasteiger partial charge in [0.25, 0.3) is 11.6 Å². The van der Waals surface area contributed by atoms with Crippen LogP contribution in [0.5, 0.6) is 11.5 Å². The molecule has 0 radical (unpaired) electrons. The molecule has 2 aromatic carbocycles. The Bertz CT molecular complexity index is 1490. The quantitative estimate of drug-likeness (QED) is 0.296. The van der Waals surface area contributed by atoms with Crippen molar-refractivity contribution in [2.75, 3.05) is 14.2 Å². The number of aryl methyl sites for hydroxylation is 2. The fourth-order valence-corrected chi connectivity index (χ4v) is 4.48. The first kappa shape index (κ1) is 23.2. The topological polar surface area (TPSA) is 105 Å². The number of aromatic nitrogens is 3. The lowest BCUT2D eigenvalue weighted by molar-refractivity contribution is -0.385. The lowest BCUT2D eigenvalue weighted by Crippen LogP contribution is -2.27. The van der Waals surface area contributed by atoms with Gasteiger partial charge in [0.05, 0.1) is 49.7 Å². The fourth-order valence-electron chi connectivity index (χ4n) is 4.48. The lowest BCUT2D eigenvalue weighted by atomic mass is 10.1. The summed E-state index contributed by atoms with van der Waals surface area (Å²) in [5, 5.41) is 16.6. The molecule has 1 amide bonds. The molecule has 4 aromatic rings. The van der Waals surface area contributed by atoms with Crippen LogP contribution in [-0.4, -0.2) is 44.3 Å². The van der Waals surface area contributed by atoms with Crippen LogP contribution in [0.2, 0.25) is 0 Å². The molecule has 0 fully saturated rings. The number of hydrogen-bond donors (Lipinski definition) is 0. The van der Waals surface area contributed by atoms with Gasteiger partial charge in [-0.2, -0.15) is 5.10 Å². The van der Waals surface area contributed by atoms with Crippen LogP contribution in [0.25, 0.3) is 11.5 Å². The average Bonchev–Trinajstić information content (AvgIpc) is 3.60. The Morgan fingerprint density at radius 1 is 1.00 bits per heavy atom. The van der Waals surface area contributed by atoms with Gasteiger partial charge in [0.15, 0.2) is 11.5 Å². The summed E-state index contributed by atoms with van der Waals surface area (Å²) in [7, 11) is 2.81. The maximum atomic E-state index is 13.5. The van der Waals surface area contributed by atoms with Crippen molar-refractivity contribution in [3.63, 3.8) is 0 Å². The minimum atomic E-state index is -0.588. The van der Waals surface area contributed by atoms with E-state index in [1.54, 1.807) is 4.90 Å². The van der Waals surface area contributed by atoms with Crippen molar-refractivity contribution in [2.45, 2.75) is 26.9 Å². The number of ether oxygens (including phenoxy) is 2. The van der Waals surface area contributed by atoms with Crippen molar-refractivity contribution in [2.24, 2.45) is 0 Å². The third kappa shape index (κ3) is 3.76. The second-order valence-electron chi connectivity index (χ2n) is 8.66. The number of methoxy groups -OCH3 is 2. The van der Waals surface area contributed by atoms with Gasteiger partial charge in [-0.15, -0.1) is 0 Å². The van der Waals surface area contributed by atoms with Crippen molar-refractivity contribution >= 4 is 11.6 Å². The zero-order valence-corrected chi connectivity index (χ0v) is 20.4. The fraction of sp³-hybridized carbons (Fsp3) is 0.231. The molecule has 0 N–H and O–H groups in total. The summed E-state index contributed by atoms with van der Waals surface area (Å²) < 4.78 is 14.3. The predicted molar refractivity (Wildman–Crippen MR) is 132 cm³/mol. The van der Waals surface area contributed by atoms with E-state index in [4.69, 9.17) is 14.6 Å². The molecule has 1 aliphatic heterocycles. The van der Waals surface area contributed by atoms with Crippen LogP contribution in [0.15, 0.2) is 54.9 Å². The number of benzene rings is 2.